The Morgan fingerprint density at radius 3 is 2.81 bits per heavy atom. The highest BCUT2D eigenvalue weighted by atomic mass is 35.5. The Balaban J connectivity index is 1.98. The summed E-state index contributed by atoms with van der Waals surface area (Å²) in [5.74, 6) is -1.97. The zero-order valence-electron chi connectivity index (χ0n) is 14.4. The van der Waals surface area contributed by atoms with Gasteiger partial charge in [0.05, 0.1) is 11.3 Å². The number of nitrogens with two attached hydrogens (primary N) is 1. The van der Waals surface area contributed by atoms with Crippen molar-refractivity contribution in [2.75, 3.05) is 11.9 Å². The minimum absolute atomic E-state index is 0.143. The summed E-state index contributed by atoms with van der Waals surface area (Å²) in [6, 6.07) is 1.50. The number of nitrogens with one attached hydrogen (secondary N) is 1. The minimum Gasteiger partial charge on any atom is -0.452 e. The molecule has 0 saturated heterocycles. The van der Waals surface area contributed by atoms with Crippen LogP contribution in [-0.2, 0) is 16.1 Å². The number of hydrogen-bond acceptors (Lipinski definition) is 6. The molecule has 0 bridgehead atoms. The first-order valence-electron chi connectivity index (χ1n) is 7.92. The molecule has 26 heavy (non-hydrogen) atoms. The van der Waals surface area contributed by atoms with E-state index in [0.29, 0.717) is 17.2 Å². The van der Waals surface area contributed by atoms with Crippen LogP contribution in [0.3, 0.4) is 0 Å². The topological polar surface area (TPSA) is 116 Å². The molecule has 0 spiro atoms. The normalized spacial score (nSPS) is 10.6. The molecule has 2 rings (SSSR count). The van der Waals surface area contributed by atoms with E-state index in [9.17, 15) is 14.4 Å². The highest BCUT2D eigenvalue weighted by molar-refractivity contribution is 7.14. The molecule has 10 heteroatoms. The minimum atomic E-state index is -0.730. The zero-order chi connectivity index (χ0) is 19.3. The van der Waals surface area contributed by atoms with Crippen LogP contribution in [0.2, 0.25) is 5.15 Å². The monoisotopic (exact) mass is 398 g/mol. The maximum atomic E-state index is 12.2. The first kappa shape index (κ1) is 19.9. The van der Waals surface area contributed by atoms with Crippen LogP contribution in [0, 0.1) is 6.92 Å². The first-order chi connectivity index (χ1) is 12.3. The zero-order valence-corrected chi connectivity index (χ0v) is 15.9. The number of halogens is 1. The second-order valence-corrected chi connectivity index (χ2v) is 6.75. The van der Waals surface area contributed by atoms with E-state index >= 15 is 0 Å². The molecule has 8 nitrogen and oxygen atoms in total. The maximum absolute atomic E-state index is 12.2. The Labute approximate surface area is 159 Å². The Morgan fingerprint density at radius 2 is 2.15 bits per heavy atom. The van der Waals surface area contributed by atoms with Crippen LogP contribution in [0.15, 0.2) is 11.4 Å². The number of nitrogens with zero attached hydrogens (tertiary/aromatic N) is 2. The molecular formula is C16H19ClN4O4S. The standard InChI is InChI=1S/C16H19ClN4O4S/c1-3-4-6-21-13(17)12(9(2)20-21)16(24)25-8-11(22)19-15-10(14(18)23)5-7-26-15/h5,7H,3-4,6,8H2,1-2H3,(H2,18,23)(H,19,22). The molecule has 0 fully saturated rings. The molecule has 0 radical (unpaired) electrons. The molecule has 0 unspecified atom stereocenters. The molecule has 2 aromatic rings. The van der Waals surface area contributed by atoms with Gasteiger partial charge in [-0.05, 0) is 24.8 Å². The van der Waals surface area contributed by atoms with Crippen molar-refractivity contribution < 1.29 is 19.1 Å². The first-order valence-corrected chi connectivity index (χ1v) is 9.18. The second-order valence-electron chi connectivity index (χ2n) is 5.48. The van der Waals surface area contributed by atoms with Crippen molar-refractivity contribution in [3.63, 3.8) is 0 Å². The predicted octanol–water partition coefficient (Wildman–Crippen LogP) is 2.60. The van der Waals surface area contributed by atoms with E-state index < -0.39 is 24.4 Å². The van der Waals surface area contributed by atoms with Crippen molar-refractivity contribution in [1.82, 2.24) is 9.78 Å². The Morgan fingerprint density at radius 1 is 1.42 bits per heavy atom. The highest BCUT2D eigenvalue weighted by Crippen LogP contribution is 2.23. The lowest BCUT2D eigenvalue weighted by Crippen LogP contribution is -2.22. The van der Waals surface area contributed by atoms with Crippen LogP contribution in [0.1, 0.15) is 46.2 Å². The second kappa shape index (κ2) is 8.81. The molecule has 2 aromatic heterocycles. The van der Waals surface area contributed by atoms with E-state index in [1.54, 1.807) is 17.0 Å². The number of unbranched alkanes of at least 4 members (excludes halogenated alkanes) is 1. The van der Waals surface area contributed by atoms with Crippen molar-refractivity contribution in [3.8, 4) is 0 Å². The number of ether oxygens (including phenoxy) is 1. The average Bonchev–Trinajstić information content (AvgIpc) is 3.15. The lowest BCUT2D eigenvalue weighted by molar-refractivity contribution is -0.119. The summed E-state index contributed by atoms with van der Waals surface area (Å²) in [5.41, 5.74) is 5.99. The lowest BCUT2D eigenvalue weighted by atomic mass is 10.2. The number of carbonyl (C=O) groups is 3. The summed E-state index contributed by atoms with van der Waals surface area (Å²) in [6.45, 7) is 3.76. The smallest absolute Gasteiger partial charge is 0.343 e. The molecule has 0 saturated carbocycles. The fraction of sp³-hybridized carbons (Fsp3) is 0.375. The van der Waals surface area contributed by atoms with Crippen molar-refractivity contribution >= 4 is 45.7 Å². The van der Waals surface area contributed by atoms with Gasteiger partial charge >= 0.3 is 5.97 Å². The van der Waals surface area contributed by atoms with Crippen molar-refractivity contribution in [1.29, 1.82) is 0 Å². The van der Waals surface area contributed by atoms with E-state index in [2.05, 4.69) is 10.4 Å². The summed E-state index contributed by atoms with van der Waals surface area (Å²) < 4.78 is 6.56. The fourth-order valence-electron chi connectivity index (χ4n) is 2.21. The number of thiophene rings is 1. The van der Waals surface area contributed by atoms with Gasteiger partial charge in [0, 0.05) is 6.54 Å². The van der Waals surface area contributed by atoms with Crippen LogP contribution >= 0.6 is 22.9 Å². The summed E-state index contributed by atoms with van der Waals surface area (Å²) in [7, 11) is 0. The molecule has 2 heterocycles. The quantitative estimate of drug-likeness (QED) is 0.663. The van der Waals surface area contributed by atoms with Gasteiger partial charge in [-0.15, -0.1) is 11.3 Å². The van der Waals surface area contributed by atoms with E-state index in [-0.39, 0.29) is 16.3 Å². The third-order valence-electron chi connectivity index (χ3n) is 3.51. The fourth-order valence-corrected chi connectivity index (χ4v) is 3.35. The van der Waals surface area contributed by atoms with Gasteiger partial charge in [-0.1, -0.05) is 24.9 Å². The molecule has 3 N–H and O–H groups in total. The van der Waals surface area contributed by atoms with E-state index in [1.807, 2.05) is 6.92 Å². The van der Waals surface area contributed by atoms with Gasteiger partial charge in [0.15, 0.2) is 6.61 Å². The Hall–Kier alpha value is -2.39. The van der Waals surface area contributed by atoms with Gasteiger partial charge in [-0.3, -0.25) is 14.3 Å². The summed E-state index contributed by atoms with van der Waals surface area (Å²) in [6.07, 6.45) is 1.84. The molecule has 2 amide bonds. The van der Waals surface area contributed by atoms with E-state index in [0.717, 1.165) is 24.2 Å². The van der Waals surface area contributed by atoms with Crippen molar-refractivity contribution in [3.05, 3.63) is 33.4 Å². The number of hydrogen-bond donors (Lipinski definition) is 2. The van der Waals surface area contributed by atoms with Gasteiger partial charge in [0.2, 0.25) is 0 Å². The number of primary amides is 1. The van der Waals surface area contributed by atoms with Crippen LogP contribution in [0.5, 0.6) is 0 Å². The molecule has 140 valence electrons. The van der Waals surface area contributed by atoms with Crippen LogP contribution < -0.4 is 11.1 Å². The molecule has 0 atom stereocenters. The number of amides is 2. The highest BCUT2D eigenvalue weighted by Gasteiger charge is 2.22. The van der Waals surface area contributed by atoms with Gasteiger partial charge in [-0.25, -0.2) is 4.79 Å². The lowest BCUT2D eigenvalue weighted by Gasteiger charge is -2.06. The average molecular weight is 399 g/mol. The molecule has 0 aliphatic rings. The number of aromatic nitrogens is 2. The largest absolute Gasteiger partial charge is 0.452 e. The summed E-state index contributed by atoms with van der Waals surface area (Å²) in [5, 5.41) is 8.83. The van der Waals surface area contributed by atoms with Crippen molar-refractivity contribution in [2.45, 2.75) is 33.2 Å². The number of esters is 1. The Kier molecular flexibility index (Phi) is 6.76. The third-order valence-corrected chi connectivity index (χ3v) is 4.72. The van der Waals surface area contributed by atoms with Gasteiger partial charge < -0.3 is 15.8 Å². The predicted molar refractivity (Wildman–Crippen MR) is 98.6 cm³/mol. The van der Waals surface area contributed by atoms with E-state index in [4.69, 9.17) is 22.1 Å². The van der Waals surface area contributed by atoms with E-state index in [1.165, 1.54) is 6.07 Å². The maximum Gasteiger partial charge on any atom is 0.343 e. The number of aryl methyl sites for hydroxylation is 2. The Bertz CT molecular complexity index is 830. The number of carbonyl (C=O) groups excluding carboxylic acids is 3. The third kappa shape index (κ3) is 4.61. The molecular weight excluding hydrogens is 380 g/mol. The molecule has 0 aromatic carbocycles. The molecule has 0 aliphatic heterocycles. The van der Waals surface area contributed by atoms with Crippen LogP contribution in [0.25, 0.3) is 0 Å². The summed E-state index contributed by atoms with van der Waals surface area (Å²) >= 11 is 7.34. The SMILES string of the molecule is CCCCn1nc(C)c(C(=O)OCC(=O)Nc2sccc2C(N)=O)c1Cl. The van der Waals surface area contributed by atoms with Gasteiger partial charge in [0.1, 0.15) is 15.7 Å². The molecule has 0 aliphatic carbocycles. The van der Waals surface area contributed by atoms with Crippen LogP contribution in [0.4, 0.5) is 5.00 Å². The van der Waals surface area contributed by atoms with Crippen molar-refractivity contribution in [2.24, 2.45) is 5.73 Å². The van der Waals surface area contributed by atoms with Gasteiger partial charge in [-0.2, -0.15) is 5.10 Å². The van der Waals surface area contributed by atoms with Crippen LogP contribution in [-0.4, -0.2) is 34.2 Å². The number of anilines is 1. The number of rotatable bonds is 8. The summed E-state index contributed by atoms with van der Waals surface area (Å²) in [4.78, 5) is 35.4. The van der Waals surface area contributed by atoms with Gasteiger partial charge in [0.25, 0.3) is 11.8 Å².